The number of hydrogen-bond acceptors (Lipinski definition) is 3. The van der Waals surface area contributed by atoms with E-state index in [-0.39, 0.29) is 0 Å². The maximum atomic E-state index is 4.09. The first-order valence-electron chi connectivity index (χ1n) is 3.18. The van der Waals surface area contributed by atoms with E-state index >= 15 is 0 Å². The van der Waals surface area contributed by atoms with Crippen LogP contribution in [0.5, 0.6) is 0 Å². The average molecular weight is 213 g/mol. The first-order chi connectivity index (χ1) is 5.33. The van der Waals surface area contributed by atoms with E-state index in [0.717, 1.165) is 4.59 Å². The molecule has 1 rings (SSSR count). The van der Waals surface area contributed by atoms with Gasteiger partial charge >= 0.3 is 73.3 Å². The summed E-state index contributed by atoms with van der Waals surface area (Å²) in [7, 11) is 0. The van der Waals surface area contributed by atoms with Gasteiger partial charge in [-0.1, -0.05) is 0 Å². The monoisotopic (exact) mass is 214 g/mol. The van der Waals surface area contributed by atoms with Crippen molar-refractivity contribution in [1.82, 2.24) is 9.97 Å². The number of nitrogens with one attached hydrogen (secondary N) is 1. The van der Waals surface area contributed by atoms with Crippen LogP contribution in [0.4, 0.5) is 5.95 Å². The Hall–Kier alpha value is -0.861. The van der Waals surface area contributed by atoms with Crippen LogP contribution in [0.3, 0.4) is 0 Å². The van der Waals surface area contributed by atoms with Crippen molar-refractivity contribution in [3.8, 4) is 0 Å². The summed E-state index contributed by atoms with van der Waals surface area (Å²) in [5, 5.41) is 2.97. The maximum absolute atomic E-state index is 4.09. The second kappa shape index (κ2) is 4.11. The van der Waals surface area contributed by atoms with Crippen molar-refractivity contribution in [1.29, 1.82) is 0 Å². The Morgan fingerprint density at radius 3 is 3.18 bits per heavy atom. The van der Waals surface area contributed by atoms with Crippen LogP contribution in [-0.2, 0) is 0 Å². The van der Waals surface area contributed by atoms with Crippen molar-refractivity contribution in [2.75, 3.05) is 11.9 Å². The summed E-state index contributed by atoms with van der Waals surface area (Å²) in [6.07, 6.45) is 3.46. The summed E-state index contributed by atoms with van der Waals surface area (Å²) in [6.45, 7) is 4.26. The summed E-state index contributed by atoms with van der Waals surface area (Å²) < 4.78 is 0.839. The standard InChI is InChI=1S/C7H8N3Se/c1-2-4-8-7-9-5-3-6(11)10-7/h2-3,5H,1,4H2,(H,8,9,10). The van der Waals surface area contributed by atoms with Crippen LogP contribution < -0.4 is 9.91 Å². The molecular weight excluding hydrogens is 205 g/mol. The zero-order valence-corrected chi connectivity index (χ0v) is 7.66. The number of rotatable bonds is 3. The zero-order valence-electron chi connectivity index (χ0n) is 5.95. The second-order valence-corrected chi connectivity index (χ2v) is 2.77. The topological polar surface area (TPSA) is 37.8 Å². The van der Waals surface area contributed by atoms with Gasteiger partial charge < -0.3 is 0 Å². The fourth-order valence-electron chi connectivity index (χ4n) is 0.591. The molecule has 1 aromatic rings. The first-order valence-corrected chi connectivity index (χ1v) is 4.03. The van der Waals surface area contributed by atoms with Crippen molar-refractivity contribution in [3.05, 3.63) is 24.9 Å². The summed E-state index contributed by atoms with van der Waals surface area (Å²) in [6, 6.07) is 1.80. The molecule has 0 unspecified atom stereocenters. The average Bonchev–Trinajstić information content (AvgIpc) is 2.01. The molecule has 0 aliphatic heterocycles. The predicted octanol–water partition coefficient (Wildman–Crippen LogP) is -0.132. The van der Waals surface area contributed by atoms with Gasteiger partial charge in [0.25, 0.3) is 0 Å². The fourth-order valence-corrected chi connectivity index (χ4v) is 0.900. The van der Waals surface area contributed by atoms with Gasteiger partial charge in [0.2, 0.25) is 0 Å². The number of hydrogen-bond donors (Lipinski definition) is 1. The Labute approximate surface area is 73.8 Å². The van der Waals surface area contributed by atoms with Gasteiger partial charge in [0, 0.05) is 0 Å². The molecule has 0 aliphatic rings. The van der Waals surface area contributed by atoms with Gasteiger partial charge in [-0.15, -0.1) is 0 Å². The first kappa shape index (κ1) is 8.24. The molecule has 0 aliphatic carbocycles. The predicted molar refractivity (Wildman–Crippen MR) is 46.1 cm³/mol. The van der Waals surface area contributed by atoms with E-state index in [4.69, 9.17) is 0 Å². The van der Waals surface area contributed by atoms with Gasteiger partial charge in [0.05, 0.1) is 0 Å². The molecule has 0 atom stereocenters. The van der Waals surface area contributed by atoms with Gasteiger partial charge in [-0.3, -0.25) is 0 Å². The Morgan fingerprint density at radius 2 is 2.55 bits per heavy atom. The van der Waals surface area contributed by atoms with Crippen molar-refractivity contribution in [2.24, 2.45) is 0 Å². The molecular formula is C7H8N3Se. The van der Waals surface area contributed by atoms with E-state index in [1.54, 1.807) is 18.3 Å². The SMILES string of the molecule is C=CCNc1nccc([Se])n1. The van der Waals surface area contributed by atoms with Crippen LogP contribution in [0.25, 0.3) is 0 Å². The number of nitrogens with zero attached hydrogens (tertiary/aromatic N) is 2. The van der Waals surface area contributed by atoms with Crippen LogP contribution in [0.1, 0.15) is 0 Å². The van der Waals surface area contributed by atoms with Crippen LogP contribution in [0.15, 0.2) is 24.9 Å². The molecule has 1 heterocycles. The number of anilines is 1. The molecule has 1 aromatic heterocycles. The third-order valence-electron chi connectivity index (χ3n) is 1.03. The Bertz CT molecular complexity index is 249. The van der Waals surface area contributed by atoms with Crippen LogP contribution in [-0.4, -0.2) is 32.5 Å². The third kappa shape index (κ3) is 2.70. The van der Waals surface area contributed by atoms with Crippen LogP contribution in [0.2, 0.25) is 0 Å². The van der Waals surface area contributed by atoms with E-state index < -0.39 is 0 Å². The summed E-state index contributed by atoms with van der Waals surface area (Å²) >= 11 is 2.80. The fraction of sp³-hybridized carbons (Fsp3) is 0.143. The van der Waals surface area contributed by atoms with E-state index in [1.807, 2.05) is 0 Å². The van der Waals surface area contributed by atoms with Crippen molar-refractivity contribution in [3.63, 3.8) is 0 Å². The summed E-state index contributed by atoms with van der Waals surface area (Å²) in [4.78, 5) is 8.07. The van der Waals surface area contributed by atoms with Crippen LogP contribution in [0, 0.1) is 0 Å². The Balaban J connectivity index is 2.63. The van der Waals surface area contributed by atoms with Gasteiger partial charge in [-0.25, -0.2) is 0 Å². The van der Waals surface area contributed by atoms with Crippen LogP contribution >= 0.6 is 0 Å². The van der Waals surface area contributed by atoms with Crippen molar-refractivity contribution < 1.29 is 0 Å². The van der Waals surface area contributed by atoms with E-state index in [0.29, 0.717) is 12.5 Å². The van der Waals surface area contributed by atoms with Crippen molar-refractivity contribution in [2.45, 2.75) is 0 Å². The third-order valence-corrected chi connectivity index (χ3v) is 1.51. The zero-order chi connectivity index (χ0) is 8.10. The molecule has 0 spiro atoms. The molecule has 0 bridgehead atoms. The molecule has 0 amide bonds. The molecule has 1 N–H and O–H groups in total. The van der Waals surface area contributed by atoms with Crippen molar-refractivity contribution >= 4 is 26.6 Å². The molecule has 57 valence electrons. The van der Waals surface area contributed by atoms with Gasteiger partial charge in [0.15, 0.2) is 0 Å². The molecule has 0 aromatic carbocycles. The molecule has 0 saturated heterocycles. The minimum atomic E-state index is 0.626. The van der Waals surface area contributed by atoms with Gasteiger partial charge in [-0.2, -0.15) is 0 Å². The Kier molecular flexibility index (Phi) is 3.08. The van der Waals surface area contributed by atoms with Gasteiger partial charge in [0.1, 0.15) is 0 Å². The molecule has 0 fully saturated rings. The molecule has 4 heteroatoms. The van der Waals surface area contributed by atoms with E-state index in [9.17, 15) is 0 Å². The van der Waals surface area contributed by atoms with Gasteiger partial charge in [-0.05, 0) is 0 Å². The normalized spacial score (nSPS) is 9.09. The molecule has 3 nitrogen and oxygen atoms in total. The number of aromatic nitrogens is 2. The quantitative estimate of drug-likeness (QED) is 0.561. The second-order valence-electron chi connectivity index (χ2n) is 1.89. The molecule has 0 saturated carbocycles. The molecule has 11 heavy (non-hydrogen) atoms. The minimum absolute atomic E-state index is 0.626. The van der Waals surface area contributed by atoms with E-state index in [2.05, 4.69) is 37.9 Å². The summed E-state index contributed by atoms with van der Waals surface area (Å²) in [5.41, 5.74) is 0. The van der Waals surface area contributed by atoms with E-state index in [1.165, 1.54) is 0 Å². The Morgan fingerprint density at radius 1 is 1.73 bits per heavy atom. The summed E-state index contributed by atoms with van der Waals surface area (Å²) in [5.74, 6) is 0.626. The molecule has 1 radical (unpaired) electrons.